The Hall–Kier alpha value is -1.64. The first-order valence-corrected chi connectivity index (χ1v) is 5.79. The Morgan fingerprint density at radius 3 is 2.68 bits per heavy atom. The number of carbonyl (C=O) groups is 1. The first kappa shape index (κ1) is 15.4. The highest BCUT2D eigenvalue weighted by molar-refractivity contribution is 5.75. The van der Waals surface area contributed by atoms with Crippen molar-refractivity contribution < 1.29 is 18.0 Å². The van der Waals surface area contributed by atoms with E-state index in [4.69, 9.17) is 5.73 Å². The molecule has 0 aliphatic heterocycles. The zero-order chi connectivity index (χ0) is 14.5. The minimum Gasteiger partial charge on any atom is -0.332 e. The van der Waals surface area contributed by atoms with Crippen molar-refractivity contribution in [2.75, 3.05) is 13.1 Å². The van der Waals surface area contributed by atoms with E-state index in [2.05, 4.69) is 10.3 Å². The molecule has 108 valence electrons. The third-order valence-corrected chi connectivity index (χ3v) is 2.31. The second-order valence-corrected chi connectivity index (χ2v) is 4.04. The summed E-state index contributed by atoms with van der Waals surface area (Å²) in [6.45, 7) is 0.395. The van der Waals surface area contributed by atoms with Gasteiger partial charge in [0.15, 0.2) is 0 Å². The molecule has 0 bridgehead atoms. The lowest BCUT2D eigenvalue weighted by atomic mass is 10.3. The minimum atomic E-state index is -4.41. The summed E-state index contributed by atoms with van der Waals surface area (Å²) in [5, 5.41) is 7.29. The molecule has 0 saturated carbocycles. The zero-order valence-electron chi connectivity index (χ0n) is 10.5. The minimum absolute atomic E-state index is 0.0524. The number of halogens is 3. The lowest BCUT2D eigenvalue weighted by Crippen LogP contribution is -2.41. The third-order valence-electron chi connectivity index (χ3n) is 2.31. The van der Waals surface area contributed by atoms with E-state index in [1.165, 1.54) is 10.9 Å². The number of aromatic nitrogens is 3. The fourth-order valence-corrected chi connectivity index (χ4v) is 1.53. The molecule has 0 aliphatic carbocycles. The molecule has 0 unspecified atom stereocenters. The van der Waals surface area contributed by atoms with Crippen molar-refractivity contribution >= 4 is 5.91 Å². The van der Waals surface area contributed by atoms with Gasteiger partial charge in [0.2, 0.25) is 5.91 Å². The molecule has 2 N–H and O–H groups in total. The molecule has 0 radical (unpaired) electrons. The van der Waals surface area contributed by atoms with Crippen molar-refractivity contribution in [3.05, 3.63) is 11.9 Å². The smallest absolute Gasteiger partial charge is 0.332 e. The van der Waals surface area contributed by atoms with Crippen LogP contribution < -0.4 is 5.73 Å². The third kappa shape index (κ3) is 5.25. The number of hydrogen-bond donors (Lipinski definition) is 1. The summed E-state index contributed by atoms with van der Waals surface area (Å²) in [6, 6.07) is 0. The van der Waals surface area contributed by atoms with Gasteiger partial charge in [-0.3, -0.25) is 4.79 Å². The highest BCUT2D eigenvalue weighted by Gasteiger charge is 2.32. The molecule has 0 aromatic carbocycles. The van der Waals surface area contributed by atoms with Crippen LogP contribution in [0.2, 0.25) is 0 Å². The highest BCUT2D eigenvalue weighted by Crippen LogP contribution is 2.17. The number of amides is 1. The van der Waals surface area contributed by atoms with Crippen molar-refractivity contribution in [2.24, 2.45) is 5.73 Å². The van der Waals surface area contributed by atoms with Gasteiger partial charge in [0.25, 0.3) is 0 Å². The van der Waals surface area contributed by atoms with Gasteiger partial charge in [-0.1, -0.05) is 12.1 Å². The average Bonchev–Trinajstić information content (AvgIpc) is 2.74. The van der Waals surface area contributed by atoms with Gasteiger partial charge in [-0.2, -0.15) is 13.2 Å². The van der Waals surface area contributed by atoms with Gasteiger partial charge >= 0.3 is 6.18 Å². The molecular formula is C10H16F3N5O. The Balaban J connectivity index is 2.66. The van der Waals surface area contributed by atoms with Crippen LogP contribution >= 0.6 is 0 Å². The molecule has 0 saturated heterocycles. The Labute approximate surface area is 108 Å². The summed E-state index contributed by atoms with van der Waals surface area (Å²) in [5.74, 6) is -0.646. The van der Waals surface area contributed by atoms with Crippen LogP contribution in [0, 0.1) is 0 Å². The largest absolute Gasteiger partial charge is 0.406 e. The molecule has 0 aliphatic rings. The summed E-state index contributed by atoms with van der Waals surface area (Å²) in [5.41, 5.74) is 5.80. The number of hydrogen-bond acceptors (Lipinski definition) is 4. The van der Waals surface area contributed by atoms with Crippen molar-refractivity contribution in [1.29, 1.82) is 0 Å². The van der Waals surface area contributed by atoms with E-state index in [9.17, 15) is 18.0 Å². The molecule has 19 heavy (non-hydrogen) atoms. The van der Waals surface area contributed by atoms with E-state index in [1.54, 1.807) is 6.92 Å². The van der Waals surface area contributed by atoms with E-state index >= 15 is 0 Å². The first-order valence-electron chi connectivity index (χ1n) is 5.79. The quantitative estimate of drug-likeness (QED) is 0.824. The molecule has 1 aromatic rings. The van der Waals surface area contributed by atoms with Crippen LogP contribution in [-0.2, 0) is 17.9 Å². The maximum absolute atomic E-state index is 12.3. The zero-order valence-corrected chi connectivity index (χ0v) is 10.5. The van der Waals surface area contributed by atoms with E-state index in [0.29, 0.717) is 12.1 Å². The Morgan fingerprint density at radius 1 is 1.53 bits per heavy atom. The fraction of sp³-hybridized carbons (Fsp3) is 0.700. The van der Waals surface area contributed by atoms with E-state index in [1.807, 2.05) is 0 Å². The van der Waals surface area contributed by atoms with E-state index < -0.39 is 18.6 Å². The average molecular weight is 279 g/mol. The number of nitrogens with zero attached hydrogens (tertiary/aromatic N) is 4. The molecule has 6 nitrogen and oxygen atoms in total. The van der Waals surface area contributed by atoms with Crippen LogP contribution in [0.4, 0.5) is 13.2 Å². The second-order valence-electron chi connectivity index (χ2n) is 4.04. The molecule has 0 spiro atoms. The van der Waals surface area contributed by atoms with E-state index in [-0.39, 0.29) is 19.6 Å². The van der Waals surface area contributed by atoms with Gasteiger partial charge in [-0.25, -0.2) is 4.68 Å². The maximum Gasteiger partial charge on any atom is 0.406 e. The van der Waals surface area contributed by atoms with Gasteiger partial charge < -0.3 is 10.6 Å². The van der Waals surface area contributed by atoms with Crippen LogP contribution in [0.1, 0.15) is 19.0 Å². The predicted octanol–water partition coefficient (Wildman–Crippen LogP) is 0.538. The fourth-order valence-electron chi connectivity index (χ4n) is 1.53. The van der Waals surface area contributed by atoms with Gasteiger partial charge in [0.05, 0.1) is 11.9 Å². The van der Waals surface area contributed by atoms with Crippen LogP contribution in [0.3, 0.4) is 0 Å². The molecule has 9 heteroatoms. The SMILES string of the molecule is CCCN(CC(F)(F)F)C(=O)Cn1cc(CN)nn1. The highest BCUT2D eigenvalue weighted by atomic mass is 19.4. The molecule has 1 rings (SSSR count). The van der Waals surface area contributed by atoms with Crippen molar-refractivity contribution in [3.8, 4) is 0 Å². The first-order chi connectivity index (χ1) is 8.85. The lowest BCUT2D eigenvalue weighted by Gasteiger charge is -2.23. The molecule has 1 aromatic heterocycles. The Morgan fingerprint density at radius 2 is 2.21 bits per heavy atom. The summed E-state index contributed by atoms with van der Waals surface area (Å²) in [4.78, 5) is 12.6. The standard InChI is InChI=1S/C10H16F3N5O/c1-2-3-17(7-10(11,12)13)9(19)6-18-5-8(4-14)15-16-18/h5H,2-4,6-7,14H2,1H3. The molecule has 0 atom stereocenters. The summed E-state index contributed by atoms with van der Waals surface area (Å²) >= 11 is 0. The second kappa shape index (κ2) is 6.50. The topological polar surface area (TPSA) is 77.0 Å². The van der Waals surface area contributed by atoms with Gasteiger partial charge in [-0.05, 0) is 6.42 Å². The predicted molar refractivity (Wildman–Crippen MR) is 60.8 cm³/mol. The number of rotatable bonds is 6. The van der Waals surface area contributed by atoms with Crippen LogP contribution in [0.25, 0.3) is 0 Å². The summed E-state index contributed by atoms with van der Waals surface area (Å²) < 4.78 is 38.2. The van der Waals surface area contributed by atoms with Gasteiger partial charge in [0, 0.05) is 13.1 Å². The van der Waals surface area contributed by atoms with Crippen LogP contribution in [-0.4, -0.2) is 45.1 Å². The van der Waals surface area contributed by atoms with Gasteiger partial charge in [0.1, 0.15) is 13.1 Å². The normalized spacial score (nSPS) is 11.6. The maximum atomic E-state index is 12.3. The van der Waals surface area contributed by atoms with Gasteiger partial charge in [-0.15, -0.1) is 5.10 Å². The summed E-state index contributed by atoms with van der Waals surface area (Å²) in [6.07, 6.45) is -2.52. The molecular weight excluding hydrogens is 263 g/mol. The lowest BCUT2D eigenvalue weighted by molar-refractivity contribution is -0.161. The van der Waals surface area contributed by atoms with Crippen molar-refractivity contribution in [2.45, 2.75) is 32.6 Å². The monoisotopic (exact) mass is 279 g/mol. The van der Waals surface area contributed by atoms with Crippen molar-refractivity contribution in [3.63, 3.8) is 0 Å². The Bertz CT molecular complexity index is 418. The molecule has 0 fully saturated rings. The van der Waals surface area contributed by atoms with E-state index in [0.717, 1.165) is 4.90 Å². The van der Waals surface area contributed by atoms with Crippen LogP contribution in [0.5, 0.6) is 0 Å². The Kier molecular flexibility index (Phi) is 5.28. The van der Waals surface area contributed by atoms with Crippen molar-refractivity contribution in [1.82, 2.24) is 19.9 Å². The summed E-state index contributed by atoms with van der Waals surface area (Å²) in [7, 11) is 0. The molecule has 1 heterocycles. The van der Waals surface area contributed by atoms with Crippen LogP contribution in [0.15, 0.2) is 6.20 Å². The number of carbonyl (C=O) groups excluding carboxylic acids is 1. The molecule has 1 amide bonds. The number of nitrogens with two attached hydrogens (primary N) is 1. The number of alkyl halides is 3.